The van der Waals surface area contributed by atoms with Crippen molar-refractivity contribution in [3.63, 3.8) is 0 Å². The van der Waals surface area contributed by atoms with Crippen molar-refractivity contribution in [2.45, 2.75) is 38.8 Å². The van der Waals surface area contributed by atoms with E-state index in [1.54, 1.807) is 12.1 Å². The van der Waals surface area contributed by atoms with Crippen LogP contribution >= 0.6 is 11.3 Å². The number of nitrogens with zero attached hydrogens (tertiary/aromatic N) is 1. The SMILES string of the molecule is CC1=C([C@H](O)CC/C(=C/c2ccc(O)cc2)c2ccccc2)[C@H](CO)[C@@H]2C(=O)N(Cc3cccs3)C(=O)[C@@H]2C1. The number of imide groups is 1. The summed E-state index contributed by atoms with van der Waals surface area (Å²) in [6, 6.07) is 20.7. The fourth-order valence-corrected chi connectivity index (χ4v) is 6.76. The molecule has 0 radical (unpaired) electrons. The summed E-state index contributed by atoms with van der Waals surface area (Å²) in [7, 11) is 0. The molecule has 7 heteroatoms. The van der Waals surface area contributed by atoms with Crippen LogP contribution < -0.4 is 0 Å². The van der Waals surface area contributed by atoms with E-state index in [-0.39, 0.29) is 30.7 Å². The van der Waals surface area contributed by atoms with E-state index in [1.165, 1.54) is 16.2 Å². The number of carbonyl (C=O) groups excluding carboxylic acids is 2. The zero-order valence-electron chi connectivity index (χ0n) is 21.9. The van der Waals surface area contributed by atoms with Crippen LogP contribution in [-0.4, -0.2) is 44.7 Å². The number of rotatable bonds is 9. The number of hydrogen-bond acceptors (Lipinski definition) is 6. The predicted molar refractivity (Wildman–Crippen MR) is 152 cm³/mol. The third-order valence-corrected chi connectivity index (χ3v) is 8.80. The number of thiophene rings is 1. The van der Waals surface area contributed by atoms with Gasteiger partial charge in [-0.05, 0) is 72.0 Å². The van der Waals surface area contributed by atoms with Gasteiger partial charge < -0.3 is 15.3 Å². The smallest absolute Gasteiger partial charge is 0.234 e. The summed E-state index contributed by atoms with van der Waals surface area (Å²) in [6.45, 7) is 1.85. The minimum atomic E-state index is -0.857. The van der Waals surface area contributed by atoms with Crippen LogP contribution in [0.4, 0.5) is 0 Å². The minimum absolute atomic E-state index is 0.187. The van der Waals surface area contributed by atoms with Crippen LogP contribution in [0.2, 0.25) is 0 Å². The van der Waals surface area contributed by atoms with Gasteiger partial charge in [-0.2, -0.15) is 0 Å². The maximum atomic E-state index is 13.5. The van der Waals surface area contributed by atoms with Gasteiger partial charge in [-0.1, -0.05) is 60.2 Å². The number of aliphatic hydroxyl groups is 2. The number of allylic oxidation sites excluding steroid dienone is 2. The summed E-state index contributed by atoms with van der Waals surface area (Å²) in [5, 5.41) is 33.5. The Balaban J connectivity index is 1.37. The Labute approximate surface area is 232 Å². The van der Waals surface area contributed by atoms with E-state index in [1.807, 2.05) is 73.0 Å². The van der Waals surface area contributed by atoms with E-state index >= 15 is 0 Å². The molecule has 2 amide bonds. The van der Waals surface area contributed by atoms with Crippen LogP contribution in [-0.2, 0) is 16.1 Å². The molecule has 2 aliphatic rings. The van der Waals surface area contributed by atoms with Gasteiger partial charge in [-0.3, -0.25) is 14.5 Å². The van der Waals surface area contributed by atoms with Gasteiger partial charge in [0, 0.05) is 10.8 Å². The predicted octanol–water partition coefficient (Wildman–Crippen LogP) is 5.27. The van der Waals surface area contributed by atoms with Crippen molar-refractivity contribution in [2.75, 3.05) is 6.61 Å². The topological polar surface area (TPSA) is 98.1 Å². The van der Waals surface area contributed by atoms with Crippen molar-refractivity contribution in [3.8, 4) is 5.75 Å². The molecule has 5 rings (SSSR count). The lowest BCUT2D eigenvalue weighted by atomic mass is 9.68. The number of aliphatic hydroxyl groups excluding tert-OH is 2. The second-order valence-electron chi connectivity index (χ2n) is 10.4. The molecule has 0 saturated carbocycles. The monoisotopic (exact) mass is 543 g/mol. The molecule has 0 unspecified atom stereocenters. The number of hydrogen-bond donors (Lipinski definition) is 3. The van der Waals surface area contributed by atoms with E-state index in [0.29, 0.717) is 24.8 Å². The van der Waals surface area contributed by atoms with E-state index in [4.69, 9.17) is 0 Å². The Bertz CT molecular complexity index is 1380. The molecule has 2 aromatic carbocycles. The van der Waals surface area contributed by atoms with Crippen molar-refractivity contribution in [3.05, 3.63) is 99.3 Å². The standard InChI is InChI=1S/C32H33NO5S/c1-20-16-26-30(32(38)33(31(26)37)18-25-8-5-15-39-25)27(19-34)29(20)28(36)14-11-23(22-6-3-2-4-7-22)17-21-9-12-24(35)13-10-21/h2-10,12-13,15,17,26-28,30,34-36H,11,14,16,18-19H2,1H3/b23-17-/t26-,27+,28-,30-/m1/s1. The summed E-state index contributed by atoms with van der Waals surface area (Å²) in [4.78, 5) is 29.0. The molecular formula is C32H33NO5S. The maximum absolute atomic E-state index is 13.5. The Morgan fingerprint density at radius 2 is 1.79 bits per heavy atom. The van der Waals surface area contributed by atoms with Crippen LogP contribution in [0.15, 0.2) is 83.3 Å². The molecule has 1 aliphatic carbocycles. The molecule has 3 N–H and O–H groups in total. The Morgan fingerprint density at radius 3 is 2.46 bits per heavy atom. The molecule has 4 atom stereocenters. The zero-order chi connectivity index (χ0) is 27.5. The molecule has 1 aromatic heterocycles. The first-order valence-electron chi connectivity index (χ1n) is 13.3. The maximum Gasteiger partial charge on any atom is 0.234 e. The third kappa shape index (κ3) is 5.62. The summed E-state index contributed by atoms with van der Waals surface area (Å²) < 4.78 is 0. The van der Waals surface area contributed by atoms with Gasteiger partial charge in [-0.25, -0.2) is 0 Å². The molecule has 39 heavy (non-hydrogen) atoms. The number of likely N-dealkylation sites (tertiary alicyclic amines) is 1. The molecular weight excluding hydrogens is 510 g/mol. The highest BCUT2D eigenvalue weighted by atomic mass is 32.1. The molecule has 202 valence electrons. The number of carbonyl (C=O) groups is 2. The van der Waals surface area contributed by atoms with E-state index in [2.05, 4.69) is 0 Å². The van der Waals surface area contributed by atoms with Gasteiger partial charge in [0.1, 0.15) is 5.75 Å². The lowest BCUT2D eigenvalue weighted by Crippen LogP contribution is -2.38. The average Bonchev–Trinajstić information content (AvgIpc) is 3.54. The van der Waals surface area contributed by atoms with Crippen LogP contribution in [0.1, 0.15) is 42.2 Å². The van der Waals surface area contributed by atoms with Gasteiger partial charge in [0.2, 0.25) is 11.8 Å². The van der Waals surface area contributed by atoms with Gasteiger partial charge in [0.15, 0.2) is 0 Å². The van der Waals surface area contributed by atoms with Crippen LogP contribution in [0.5, 0.6) is 5.75 Å². The largest absolute Gasteiger partial charge is 0.508 e. The highest BCUT2D eigenvalue weighted by molar-refractivity contribution is 7.09. The number of amides is 2. The Morgan fingerprint density at radius 1 is 1.05 bits per heavy atom. The molecule has 1 saturated heterocycles. The van der Waals surface area contributed by atoms with Crippen molar-refractivity contribution < 1.29 is 24.9 Å². The quantitative estimate of drug-likeness (QED) is 0.194. The fourth-order valence-electron chi connectivity index (χ4n) is 6.07. The van der Waals surface area contributed by atoms with E-state index in [0.717, 1.165) is 27.2 Å². The summed E-state index contributed by atoms with van der Waals surface area (Å²) >= 11 is 1.50. The first kappa shape index (κ1) is 27.1. The number of benzene rings is 2. The van der Waals surface area contributed by atoms with E-state index in [9.17, 15) is 24.9 Å². The lowest BCUT2D eigenvalue weighted by Gasteiger charge is -2.35. The summed E-state index contributed by atoms with van der Waals surface area (Å²) in [5.74, 6) is -1.99. The summed E-state index contributed by atoms with van der Waals surface area (Å²) in [6.07, 6.45) is 2.57. The van der Waals surface area contributed by atoms with E-state index < -0.39 is 23.9 Å². The van der Waals surface area contributed by atoms with Gasteiger partial charge in [-0.15, -0.1) is 11.3 Å². The molecule has 0 spiro atoms. The zero-order valence-corrected chi connectivity index (χ0v) is 22.7. The van der Waals surface area contributed by atoms with Crippen molar-refractivity contribution in [2.24, 2.45) is 17.8 Å². The average molecular weight is 544 g/mol. The van der Waals surface area contributed by atoms with Crippen molar-refractivity contribution in [1.82, 2.24) is 4.90 Å². The first-order chi connectivity index (χ1) is 18.9. The van der Waals surface area contributed by atoms with Gasteiger partial charge >= 0.3 is 0 Å². The minimum Gasteiger partial charge on any atom is -0.508 e. The number of phenolic OH excluding ortho intramolecular Hbond substituents is 1. The molecule has 6 nitrogen and oxygen atoms in total. The lowest BCUT2D eigenvalue weighted by molar-refractivity contribution is -0.140. The van der Waals surface area contributed by atoms with Crippen molar-refractivity contribution in [1.29, 1.82) is 0 Å². The molecule has 3 aromatic rings. The number of aromatic hydroxyl groups is 1. The second kappa shape index (κ2) is 11.7. The Hall–Kier alpha value is -3.52. The van der Waals surface area contributed by atoms with Crippen LogP contribution in [0, 0.1) is 17.8 Å². The molecule has 0 bridgehead atoms. The number of fused-ring (bicyclic) bond motifs is 1. The third-order valence-electron chi connectivity index (χ3n) is 7.94. The molecule has 2 heterocycles. The van der Waals surface area contributed by atoms with Crippen molar-refractivity contribution >= 4 is 34.8 Å². The van der Waals surface area contributed by atoms with Gasteiger partial charge in [0.05, 0.1) is 31.1 Å². The Kier molecular flexibility index (Phi) is 8.12. The van der Waals surface area contributed by atoms with Crippen LogP contribution in [0.25, 0.3) is 11.6 Å². The fraction of sp³-hybridized carbons (Fsp3) is 0.312. The molecule has 1 aliphatic heterocycles. The van der Waals surface area contributed by atoms with Gasteiger partial charge in [0.25, 0.3) is 0 Å². The summed E-state index contributed by atoms with van der Waals surface area (Å²) in [5.41, 5.74) is 4.57. The highest BCUT2D eigenvalue weighted by Gasteiger charge is 2.54. The molecule has 1 fully saturated rings. The van der Waals surface area contributed by atoms with Crippen LogP contribution in [0.3, 0.4) is 0 Å². The second-order valence-corrected chi connectivity index (χ2v) is 11.4. The normalized spacial score (nSPS) is 22.4. The first-order valence-corrected chi connectivity index (χ1v) is 14.2. The highest BCUT2D eigenvalue weighted by Crippen LogP contribution is 2.46. The number of phenols is 1.